The summed E-state index contributed by atoms with van der Waals surface area (Å²) in [5, 5.41) is 9.18. The summed E-state index contributed by atoms with van der Waals surface area (Å²) in [6.07, 6.45) is 1.30. The summed E-state index contributed by atoms with van der Waals surface area (Å²) < 4.78 is 15.5. The van der Waals surface area contributed by atoms with Gasteiger partial charge in [0.05, 0.1) is 9.99 Å². The second-order valence-electron chi connectivity index (χ2n) is 5.50. The van der Waals surface area contributed by atoms with Gasteiger partial charge in [-0.05, 0) is 48.8 Å². The van der Waals surface area contributed by atoms with Crippen LogP contribution in [0, 0.1) is 5.82 Å². The lowest BCUT2D eigenvalue weighted by Crippen LogP contribution is -2.27. The number of benzene rings is 1. The van der Waals surface area contributed by atoms with Gasteiger partial charge in [0.1, 0.15) is 11.4 Å². The van der Waals surface area contributed by atoms with Gasteiger partial charge < -0.3 is 9.67 Å². The Kier molecular flexibility index (Phi) is 3.46. The third-order valence-electron chi connectivity index (χ3n) is 3.00. The van der Waals surface area contributed by atoms with Gasteiger partial charge in [0, 0.05) is 17.1 Å². The largest absolute Gasteiger partial charge is 0.477 e. The molecule has 6 heteroatoms. The van der Waals surface area contributed by atoms with Crippen molar-refractivity contribution in [2.24, 2.45) is 0 Å². The van der Waals surface area contributed by atoms with E-state index in [1.807, 2.05) is 20.8 Å². The monoisotopic (exact) mass is 341 g/mol. The Bertz CT molecular complexity index is 775. The van der Waals surface area contributed by atoms with E-state index in [2.05, 4.69) is 15.9 Å². The van der Waals surface area contributed by atoms with Crippen LogP contribution in [0.4, 0.5) is 4.39 Å². The summed E-state index contributed by atoms with van der Waals surface area (Å²) >= 11 is 3.08. The van der Waals surface area contributed by atoms with Gasteiger partial charge >= 0.3 is 5.97 Å². The second kappa shape index (κ2) is 4.70. The van der Waals surface area contributed by atoms with Crippen molar-refractivity contribution in [1.29, 1.82) is 0 Å². The van der Waals surface area contributed by atoms with Crippen molar-refractivity contribution >= 4 is 32.8 Å². The summed E-state index contributed by atoms with van der Waals surface area (Å²) in [4.78, 5) is 23.3. The molecule has 1 heterocycles. The highest BCUT2D eigenvalue weighted by Gasteiger charge is 2.21. The number of nitrogens with zero attached hydrogens (tertiary/aromatic N) is 1. The van der Waals surface area contributed by atoms with E-state index < -0.39 is 22.8 Å². The molecule has 0 fully saturated rings. The first kappa shape index (κ1) is 14.7. The van der Waals surface area contributed by atoms with E-state index in [-0.39, 0.29) is 15.4 Å². The van der Waals surface area contributed by atoms with E-state index in [0.717, 1.165) is 6.07 Å². The number of hydrogen-bond donors (Lipinski definition) is 1. The zero-order valence-corrected chi connectivity index (χ0v) is 12.8. The van der Waals surface area contributed by atoms with Crippen LogP contribution < -0.4 is 5.43 Å². The van der Waals surface area contributed by atoms with E-state index in [4.69, 9.17) is 5.11 Å². The number of rotatable bonds is 1. The number of carbonyl (C=O) groups is 1. The molecule has 2 aromatic rings. The number of hydrogen-bond acceptors (Lipinski definition) is 2. The second-order valence-corrected chi connectivity index (χ2v) is 6.36. The van der Waals surface area contributed by atoms with Gasteiger partial charge in [-0.2, -0.15) is 0 Å². The number of aromatic carboxylic acids is 1. The summed E-state index contributed by atoms with van der Waals surface area (Å²) in [6.45, 7) is 5.62. The first-order valence-electron chi connectivity index (χ1n) is 5.91. The van der Waals surface area contributed by atoms with Crippen LogP contribution in [-0.2, 0) is 5.54 Å². The molecule has 0 radical (unpaired) electrons. The number of carboxylic acid groups (broad SMARTS) is 1. The van der Waals surface area contributed by atoms with Crippen molar-refractivity contribution in [1.82, 2.24) is 4.57 Å². The lowest BCUT2D eigenvalue weighted by molar-refractivity contribution is 0.0694. The van der Waals surface area contributed by atoms with E-state index in [1.165, 1.54) is 12.3 Å². The minimum absolute atomic E-state index is 0.0560. The summed E-state index contributed by atoms with van der Waals surface area (Å²) in [6, 6.07) is 2.55. The zero-order chi connectivity index (χ0) is 15.2. The summed E-state index contributed by atoms with van der Waals surface area (Å²) in [7, 11) is 0. The molecular weight excluding hydrogens is 329 g/mol. The Morgan fingerprint density at radius 1 is 1.35 bits per heavy atom. The van der Waals surface area contributed by atoms with Gasteiger partial charge in [-0.3, -0.25) is 4.79 Å². The van der Waals surface area contributed by atoms with Crippen LogP contribution in [0.2, 0.25) is 0 Å². The predicted octanol–water partition coefficient (Wildman–Crippen LogP) is 3.36. The molecule has 0 aliphatic carbocycles. The van der Waals surface area contributed by atoms with Gasteiger partial charge in [-0.15, -0.1) is 0 Å². The maximum atomic E-state index is 13.6. The predicted molar refractivity (Wildman–Crippen MR) is 77.8 cm³/mol. The van der Waals surface area contributed by atoms with Crippen LogP contribution in [0.15, 0.2) is 27.6 Å². The summed E-state index contributed by atoms with van der Waals surface area (Å²) in [5.74, 6) is -1.92. The Labute approximate surface area is 123 Å². The molecule has 4 nitrogen and oxygen atoms in total. The maximum Gasteiger partial charge on any atom is 0.341 e. The molecule has 0 saturated heterocycles. The Morgan fingerprint density at radius 3 is 2.45 bits per heavy atom. The van der Waals surface area contributed by atoms with Gasteiger partial charge in [0.15, 0.2) is 0 Å². The molecule has 0 atom stereocenters. The molecular formula is C14H13BrFNO3. The molecule has 0 aliphatic rings. The Morgan fingerprint density at radius 2 is 1.95 bits per heavy atom. The number of carboxylic acids is 1. The highest BCUT2D eigenvalue weighted by atomic mass is 79.9. The number of fused-ring (bicyclic) bond motifs is 1. The molecule has 0 spiro atoms. The average Bonchev–Trinajstić information content (AvgIpc) is 2.30. The van der Waals surface area contributed by atoms with Crippen LogP contribution in [0.5, 0.6) is 0 Å². The van der Waals surface area contributed by atoms with E-state index in [0.29, 0.717) is 5.52 Å². The third-order valence-corrected chi connectivity index (χ3v) is 3.61. The fourth-order valence-electron chi connectivity index (χ4n) is 2.03. The minimum Gasteiger partial charge on any atom is -0.477 e. The van der Waals surface area contributed by atoms with E-state index >= 15 is 0 Å². The third kappa shape index (κ3) is 2.35. The SMILES string of the molecule is CC(C)(C)n1cc(C(=O)O)c(=O)c2cc(F)c(Br)cc21. The van der Waals surface area contributed by atoms with Crippen molar-refractivity contribution in [3.05, 3.63) is 44.4 Å². The highest BCUT2D eigenvalue weighted by Crippen LogP contribution is 2.26. The van der Waals surface area contributed by atoms with Crippen LogP contribution in [-0.4, -0.2) is 15.6 Å². The lowest BCUT2D eigenvalue weighted by Gasteiger charge is -2.26. The zero-order valence-electron chi connectivity index (χ0n) is 11.2. The molecule has 20 heavy (non-hydrogen) atoms. The molecule has 0 amide bonds. The van der Waals surface area contributed by atoms with Crippen molar-refractivity contribution in [2.75, 3.05) is 0 Å². The standard InChI is InChI=1S/C14H13BrFNO3/c1-14(2,3)17-6-8(13(19)20)12(18)7-4-10(16)9(15)5-11(7)17/h4-6H,1-3H3,(H,19,20). The topological polar surface area (TPSA) is 59.3 Å². The molecule has 0 unspecified atom stereocenters. The normalized spacial score (nSPS) is 11.8. The molecule has 0 saturated carbocycles. The maximum absolute atomic E-state index is 13.6. The van der Waals surface area contributed by atoms with Gasteiger partial charge in [-0.1, -0.05) is 0 Å². The quantitative estimate of drug-likeness (QED) is 0.865. The molecule has 2 rings (SSSR count). The molecule has 0 bridgehead atoms. The van der Waals surface area contributed by atoms with Crippen LogP contribution in [0.1, 0.15) is 31.1 Å². The van der Waals surface area contributed by atoms with Crippen LogP contribution in [0.3, 0.4) is 0 Å². The van der Waals surface area contributed by atoms with Gasteiger partial charge in [0.2, 0.25) is 5.43 Å². The number of pyridine rings is 1. The fraction of sp³-hybridized carbons (Fsp3) is 0.286. The first-order valence-corrected chi connectivity index (χ1v) is 6.70. The lowest BCUT2D eigenvalue weighted by atomic mass is 10.0. The molecule has 1 aromatic carbocycles. The molecule has 1 N–H and O–H groups in total. The number of halogens is 2. The van der Waals surface area contributed by atoms with Crippen molar-refractivity contribution in [3.63, 3.8) is 0 Å². The van der Waals surface area contributed by atoms with Crippen molar-refractivity contribution in [3.8, 4) is 0 Å². The Hall–Kier alpha value is -1.69. The van der Waals surface area contributed by atoms with Crippen LogP contribution in [0.25, 0.3) is 10.9 Å². The van der Waals surface area contributed by atoms with E-state index in [1.54, 1.807) is 4.57 Å². The fourth-order valence-corrected chi connectivity index (χ4v) is 2.36. The van der Waals surface area contributed by atoms with Crippen LogP contribution >= 0.6 is 15.9 Å². The smallest absolute Gasteiger partial charge is 0.341 e. The first-order chi connectivity index (χ1) is 9.12. The van der Waals surface area contributed by atoms with Gasteiger partial charge in [0.25, 0.3) is 0 Å². The van der Waals surface area contributed by atoms with Crippen molar-refractivity contribution < 1.29 is 14.3 Å². The average molecular weight is 342 g/mol. The van der Waals surface area contributed by atoms with Gasteiger partial charge in [-0.25, -0.2) is 9.18 Å². The minimum atomic E-state index is -1.32. The molecule has 106 valence electrons. The summed E-state index contributed by atoms with van der Waals surface area (Å²) in [5.41, 5.74) is -1.01. The molecule has 0 aliphatic heterocycles. The van der Waals surface area contributed by atoms with Crippen molar-refractivity contribution in [2.45, 2.75) is 26.3 Å². The molecule has 1 aromatic heterocycles. The van der Waals surface area contributed by atoms with E-state index in [9.17, 15) is 14.0 Å². The number of aromatic nitrogens is 1. The Balaban J connectivity index is 3.05. The highest BCUT2D eigenvalue weighted by molar-refractivity contribution is 9.10.